The van der Waals surface area contributed by atoms with Gasteiger partial charge in [0.05, 0.1) is 13.0 Å². The fourth-order valence-electron chi connectivity index (χ4n) is 1.01. The van der Waals surface area contributed by atoms with Crippen LogP contribution in [0.15, 0.2) is 16.8 Å². The number of nitrogens with one attached hydrogen (secondary N) is 1. The fraction of sp³-hybridized carbons (Fsp3) is 0.333. The van der Waals surface area contributed by atoms with E-state index in [2.05, 4.69) is 5.32 Å². The van der Waals surface area contributed by atoms with Crippen LogP contribution >= 0.6 is 11.3 Å². The number of carbonyl (C=O) groups excluding carboxylic acids is 1. The lowest BCUT2D eigenvalue weighted by molar-refractivity contribution is -0.142. The second-order valence-corrected chi connectivity index (χ2v) is 3.73. The van der Waals surface area contributed by atoms with Crippen molar-refractivity contribution in [1.82, 2.24) is 5.32 Å². The van der Waals surface area contributed by atoms with Crippen molar-refractivity contribution in [3.63, 3.8) is 0 Å². The molecule has 6 heteroatoms. The van der Waals surface area contributed by atoms with Gasteiger partial charge in [0.25, 0.3) is 0 Å². The van der Waals surface area contributed by atoms with Gasteiger partial charge in [-0.05, 0) is 22.4 Å². The topological polar surface area (TPSA) is 86.6 Å². The van der Waals surface area contributed by atoms with Gasteiger partial charge in [0.2, 0.25) is 5.91 Å². The Balaban J connectivity index is 2.45. The Morgan fingerprint density at radius 3 is 2.73 bits per heavy atom. The zero-order valence-electron chi connectivity index (χ0n) is 7.84. The lowest BCUT2D eigenvalue weighted by atomic mass is 10.2. The molecule has 0 saturated carbocycles. The van der Waals surface area contributed by atoms with Crippen LogP contribution in [-0.2, 0) is 16.0 Å². The molecule has 82 valence electrons. The Morgan fingerprint density at radius 2 is 2.27 bits per heavy atom. The third-order valence-corrected chi connectivity index (χ3v) is 2.49. The summed E-state index contributed by atoms with van der Waals surface area (Å²) in [5, 5.41) is 23.1. The van der Waals surface area contributed by atoms with Crippen molar-refractivity contribution in [3.05, 3.63) is 22.4 Å². The highest BCUT2D eigenvalue weighted by molar-refractivity contribution is 7.07. The Hall–Kier alpha value is -1.40. The van der Waals surface area contributed by atoms with Crippen LogP contribution < -0.4 is 5.32 Å². The summed E-state index contributed by atoms with van der Waals surface area (Å²) in [5.74, 6) is -1.65. The van der Waals surface area contributed by atoms with Gasteiger partial charge in [0.1, 0.15) is 6.04 Å². The maximum absolute atomic E-state index is 11.3. The van der Waals surface area contributed by atoms with E-state index < -0.39 is 24.5 Å². The molecule has 1 aromatic heterocycles. The van der Waals surface area contributed by atoms with E-state index in [9.17, 15) is 9.59 Å². The molecule has 0 spiro atoms. The summed E-state index contributed by atoms with van der Waals surface area (Å²) in [7, 11) is 0. The molecule has 15 heavy (non-hydrogen) atoms. The first-order chi connectivity index (χ1) is 7.13. The number of rotatable bonds is 5. The molecule has 1 heterocycles. The highest BCUT2D eigenvalue weighted by Crippen LogP contribution is 2.06. The van der Waals surface area contributed by atoms with E-state index in [-0.39, 0.29) is 6.42 Å². The van der Waals surface area contributed by atoms with Gasteiger partial charge < -0.3 is 15.5 Å². The first kappa shape index (κ1) is 11.7. The van der Waals surface area contributed by atoms with Crippen molar-refractivity contribution in [3.8, 4) is 0 Å². The predicted molar refractivity (Wildman–Crippen MR) is 54.7 cm³/mol. The van der Waals surface area contributed by atoms with Crippen LogP contribution in [0.2, 0.25) is 0 Å². The minimum atomic E-state index is -1.24. The molecule has 1 aromatic rings. The van der Waals surface area contributed by atoms with E-state index in [1.807, 2.05) is 10.8 Å². The number of thiophene rings is 1. The number of hydrogen-bond acceptors (Lipinski definition) is 4. The molecule has 0 radical (unpaired) electrons. The fourth-order valence-corrected chi connectivity index (χ4v) is 1.68. The first-order valence-electron chi connectivity index (χ1n) is 4.27. The molecule has 0 aliphatic carbocycles. The molecule has 1 rings (SSSR count). The van der Waals surface area contributed by atoms with Gasteiger partial charge in [0.15, 0.2) is 0 Å². The van der Waals surface area contributed by atoms with Crippen molar-refractivity contribution in [2.75, 3.05) is 6.61 Å². The average molecular weight is 229 g/mol. The van der Waals surface area contributed by atoms with Gasteiger partial charge in [-0.15, -0.1) is 0 Å². The predicted octanol–water partition coefficient (Wildman–Crippen LogP) is -0.148. The third-order valence-electron chi connectivity index (χ3n) is 1.76. The number of aliphatic hydroxyl groups is 1. The summed E-state index contributed by atoms with van der Waals surface area (Å²) < 4.78 is 0. The second-order valence-electron chi connectivity index (χ2n) is 2.95. The zero-order chi connectivity index (χ0) is 11.3. The van der Waals surface area contributed by atoms with Crippen LogP contribution in [0, 0.1) is 0 Å². The van der Waals surface area contributed by atoms with Crippen LogP contribution in [0.4, 0.5) is 0 Å². The Kier molecular flexibility index (Phi) is 4.26. The molecular weight excluding hydrogens is 218 g/mol. The quantitative estimate of drug-likeness (QED) is 0.655. The van der Waals surface area contributed by atoms with Crippen LogP contribution in [0.3, 0.4) is 0 Å². The van der Waals surface area contributed by atoms with E-state index in [1.54, 1.807) is 6.07 Å². The molecule has 0 aliphatic heterocycles. The Morgan fingerprint density at radius 1 is 1.53 bits per heavy atom. The maximum Gasteiger partial charge on any atom is 0.328 e. The lowest BCUT2D eigenvalue weighted by Crippen LogP contribution is -2.43. The second kappa shape index (κ2) is 5.47. The maximum atomic E-state index is 11.3. The Labute approximate surface area is 90.4 Å². The highest BCUT2D eigenvalue weighted by atomic mass is 32.1. The van der Waals surface area contributed by atoms with Crippen molar-refractivity contribution >= 4 is 23.2 Å². The van der Waals surface area contributed by atoms with Crippen LogP contribution in [0.1, 0.15) is 5.56 Å². The molecule has 0 saturated heterocycles. The monoisotopic (exact) mass is 229 g/mol. The summed E-state index contributed by atoms with van der Waals surface area (Å²) >= 11 is 1.47. The number of aliphatic hydroxyl groups excluding tert-OH is 1. The van der Waals surface area contributed by atoms with E-state index in [1.165, 1.54) is 11.3 Å². The molecule has 0 fully saturated rings. The Bertz CT molecular complexity index is 336. The normalized spacial score (nSPS) is 12.1. The van der Waals surface area contributed by atoms with Gasteiger partial charge in [-0.3, -0.25) is 4.79 Å². The van der Waals surface area contributed by atoms with E-state index in [4.69, 9.17) is 10.2 Å². The third kappa shape index (κ3) is 3.69. The molecule has 0 bridgehead atoms. The molecule has 1 amide bonds. The largest absolute Gasteiger partial charge is 0.480 e. The van der Waals surface area contributed by atoms with Gasteiger partial charge in [0, 0.05) is 0 Å². The zero-order valence-corrected chi connectivity index (χ0v) is 8.66. The van der Waals surface area contributed by atoms with Crippen LogP contribution in [-0.4, -0.2) is 34.7 Å². The summed E-state index contributed by atoms with van der Waals surface area (Å²) in [4.78, 5) is 21.8. The highest BCUT2D eigenvalue weighted by Gasteiger charge is 2.18. The standard InChI is InChI=1S/C9H11NO4S/c11-4-7(9(13)14)10-8(12)3-6-1-2-15-5-6/h1-2,5,7,11H,3-4H2,(H,10,12)(H,13,14)/t7-/m0/s1. The SMILES string of the molecule is O=C(Cc1ccsc1)N[C@@H](CO)C(=O)O. The van der Waals surface area contributed by atoms with Crippen LogP contribution in [0.5, 0.6) is 0 Å². The van der Waals surface area contributed by atoms with Gasteiger partial charge in [-0.1, -0.05) is 0 Å². The van der Waals surface area contributed by atoms with Crippen molar-refractivity contribution in [2.24, 2.45) is 0 Å². The first-order valence-corrected chi connectivity index (χ1v) is 5.22. The van der Waals surface area contributed by atoms with E-state index >= 15 is 0 Å². The van der Waals surface area contributed by atoms with E-state index in [0.717, 1.165) is 5.56 Å². The van der Waals surface area contributed by atoms with Crippen molar-refractivity contribution in [1.29, 1.82) is 0 Å². The van der Waals surface area contributed by atoms with Crippen LogP contribution in [0.25, 0.3) is 0 Å². The number of hydrogen-bond donors (Lipinski definition) is 3. The molecule has 0 aliphatic rings. The van der Waals surface area contributed by atoms with Gasteiger partial charge >= 0.3 is 5.97 Å². The number of amides is 1. The summed E-state index contributed by atoms with van der Waals surface area (Å²) in [6.45, 7) is -0.606. The number of aliphatic carboxylic acids is 1. The number of carboxylic acid groups (broad SMARTS) is 1. The number of carbonyl (C=O) groups is 2. The molecular formula is C9H11NO4S. The van der Waals surface area contributed by atoms with E-state index in [0.29, 0.717) is 0 Å². The summed E-state index contributed by atoms with van der Waals surface area (Å²) in [6, 6.07) is 0.565. The summed E-state index contributed by atoms with van der Waals surface area (Å²) in [5.41, 5.74) is 0.833. The molecule has 1 atom stereocenters. The minimum Gasteiger partial charge on any atom is -0.480 e. The lowest BCUT2D eigenvalue weighted by Gasteiger charge is -2.10. The molecule has 5 nitrogen and oxygen atoms in total. The molecule has 0 unspecified atom stereocenters. The number of carboxylic acids is 1. The van der Waals surface area contributed by atoms with Gasteiger partial charge in [-0.2, -0.15) is 11.3 Å². The summed E-state index contributed by atoms with van der Waals surface area (Å²) in [6.07, 6.45) is 0.132. The van der Waals surface area contributed by atoms with Crippen molar-refractivity contribution < 1.29 is 19.8 Å². The molecule has 3 N–H and O–H groups in total. The average Bonchev–Trinajstić information content (AvgIpc) is 2.66. The molecule has 0 aromatic carbocycles. The van der Waals surface area contributed by atoms with Crippen molar-refractivity contribution in [2.45, 2.75) is 12.5 Å². The van der Waals surface area contributed by atoms with Gasteiger partial charge in [-0.25, -0.2) is 4.79 Å². The minimum absolute atomic E-state index is 0.132. The smallest absolute Gasteiger partial charge is 0.328 e.